The zero-order valence-electron chi connectivity index (χ0n) is 29.6. The van der Waals surface area contributed by atoms with Crippen LogP contribution in [-0.4, -0.2) is 113 Å². The van der Waals surface area contributed by atoms with Gasteiger partial charge in [-0.3, -0.25) is 4.98 Å². The highest BCUT2D eigenvalue weighted by atomic mass is 32.2. The van der Waals surface area contributed by atoms with Crippen LogP contribution in [-0.2, 0) is 22.1 Å². The molecule has 0 radical (unpaired) electrons. The molecular formula is C37H51N5O9S. The van der Waals surface area contributed by atoms with Crippen molar-refractivity contribution in [1.82, 2.24) is 25.2 Å². The molecule has 2 aromatic carbocycles. The summed E-state index contributed by atoms with van der Waals surface area (Å²) in [5.74, 6) is 0.870. The summed E-state index contributed by atoms with van der Waals surface area (Å²) >= 11 is 0. The number of aliphatic hydroxyl groups is 5. The van der Waals surface area contributed by atoms with Crippen LogP contribution in [0.2, 0.25) is 0 Å². The second-order valence-electron chi connectivity index (χ2n) is 13.7. The van der Waals surface area contributed by atoms with Crippen LogP contribution in [0.4, 0.5) is 4.79 Å². The van der Waals surface area contributed by atoms with Crippen LogP contribution in [0.3, 0.4) is 0 Å². The smallest absolute Gasteiger partial charge is 0.315 e. The number of rotatable bonds is 20. The molecule has 3 aromatic rings. The second kappa shape index (κ2) is 17.4. The molecule has 2 aliphatic carbocycles. The van der Waals surface area contributed by atoms with E-state index in [2.05, 4.69) is 27.0 Å². The van der Waals surface area contributed by atoms with Gasteiger partial charge in [0.2, 0.25) is 10.0 Å². The number of nitrogens with zero attached hydrogens (tertiary/aromatic N) is 2. The Hall–Kier alpha value is -3.67. The third-order valence-corrected chi connectivity index (χ3v) is 11.6. The normalized spacial score (nSPS) is 17.6. The second-order valence-corrected chi connectivity index (χ2v) is 15.8. The van der Waals surface area contributed by atoms with Crippen molar-refractivity contribution in [2.24, 2.45) is 0 Å². The lowest BCUT2D eigenvalue weighted by Gasteiger charge is -2.28. The summed E-state index contributed by atoms with van der Waals surface area (Å²) in [6.07, 6.45) is 3.70. The highest BCUT2D eigenvalue weighted by Crippen LogP contribution is 2.50. The van der Waals surface area contributed by atoms with Crippen molar-refractivity contribution in [3.8, 4) is 16.9 Å². The predicted molar refractivity (Wildman–Crippen MR) is 194 cm³/mol. The number of carbonyl (C=O) groups is 1. The number of para-hydroxylation sites is 1. The van der Waals surface area contributed by atoms with Crippen molar-refractivity contribution in [2.45, 2.75) is 92.9 Å². The van der Waals surface area contributed by atoms with Gasteiger partial charge in [-0.25, -0.2) is 17.5 Å². The maximum atomic E-state index is 13.6. The standard InChI is InChI=1S/C37H51N5O9S/c1-24-9-12-27(52(49,50)42(2)18-6-5-16-39-36(48)41-31(22-43)34(46)35(47)32(45)23-44)19-25(24)20-40-37(14-15-37)30-21-38-17-13-28(30)29-7-3-4-8-33(29)51-26-10-11-26/h3-4,7-9,12-13,17,19,21,26,31-32,34-35,40,43-47H,5-6,10-11,14-16,18,20,22-23H2,1-2H3,(H2,39,41,48)/t31-,32+,34+,35+/m0/s1. The lowest BCUT2D eigenvalue weighted by Crippen LogP contribution is -2.56. The Morgan fingerprint density at radius 2 is 1.77 bits per heavy atom. The van der Waals surface area contributed by atoms with Crippen molar-refractivity contribution in [3.63, 3.8) is 0 Å². The van der Waals surface area contributed by atoms with Gasteiger partial charge in [-0.1, -0.05) is 24.3 Å². The van der Waals surface area contributed by atoms with Crippen molar-refractivity contribution in [3.05, 3.63) is 77.6 Å². The van der Waals surface area contributed by atoms with E-state index in [1.54, 1.807) is 18.3 Å². The van der Waals surface area contributed by atoms with Crippen molar-refractivity contribution in [2.75, 3.05) is 33.4 Å². The Bertz CT molecular complexity index is 1770. The van der Waals surface area contributed by atoms with Crippen LogP contribution < -0.4 is 20.7 Å². The molecule has 4 atom stereocenters. The minimum absolute atomic E-state index is 0.176. The average Bonchev–Trinajstić information content (AvgIpc) is 4.10. The molecule has 0 saturated heterocycles. The topological polar surface area (TPSA) is 214 Å². The Labute approximate surface area is 304 Å². The summed E-state index contributed by atoms with van der Waals surface area (Å²) in [7, 11) is -2.29. The number of nitrogens with one attached hydrogen (secondary N) is 3. The van der Waals surface area contributed by atoms with E-state index in [0.717, 1.165) is 59.3 Å². The number of hydrogen-bond acceptors (Lipinski definition) is 11. The highest BCUT2D eigenvalue weighted by Gasteiger charge is 2.46. The molecule has 2 fully saturated rings. The lowest BCUT2D eigenvalue weighted by molar-refractivity contribution is -0.0902. The summed E-state index contributed by atoms with van der Waals surface area (Å²) in [5, 5.41) is 56.5. The number of aromatic nitrogens is 1. The first kappa shape index (κ1) is 39.5. The van der Waals surface area contributed by atoms with Gasteiger partial charge in [-0.05, 0) is 92.0 Å². The third kappa shape index (κ3) is 9.65. The molecule has 2 saturated carbocycles. The molecule has 284 valence electrons. The van der Waals surface area contributed by atoms with E-state index in [0.29, 0.717) is 19.4 Å². The fourth-order valence-electron chi connectivity index (χ4n) is 6.09. The summed E-state index contributed by atoms with van der Waals surface area (Å²) in [4.78, 5) is 16.9. The van der Waals surface area contributed by atoms with Crippen molar-refractivity contribution >= 4 is 16.1 Å². The van der Waals surface area contributed by atoms with Gasteiger partial charge in [-0.2, -0.15) is 0 Å². The molecule has 1 aromatic heterocycles. The van der Waals surface area contributed by atoms with Gasteiger partial charge in [0, 0.05) is 50.2 Å². The van der Waals surface area contributed by atoms with Crippen LogP contribution in [0.1, 0.15) is 55.2 Å². The molecule has 1 heterocycles. The minimum atomic E-state index is -3.81. The number of benzene rings is 2. The fraction of sp³-hybridized carbons (Fsp3) is 0.514. The van der Waals surface area contributed by atoms with E-state index in [9.17, 15) is 33.6 Å². The maximum absolute atomic E-state index is 13.6. The van der Waals surface area contributed by atoms with Crippen LogP contribution >= 0.6 is 0 Å². The van der Waals surface area contributed by atoms with E-state index >= 15 is 0 Å². The Morgan fingerprint density at radius 1 is 1.02 bits per heavy atom. The molecule has 0 aliphatic heterocycles. The number of sulfonamides is 1. The van der Waals surface area contributed by atoms with Gasteiger partial charge in [0.05, 0.1) is 30.3 Å². The molecule has 2 amide bonds. The van der Waals surface area contributed by atoms with Gasteiger partial charge < -0.3 is 46.2 Å². The third-order valence-electron chi connectivity index (χ3n) is 9.77. The first-order valence-electron chi connectivity index (χ1n) is 17.7. The van der Waals surface area contributed by atoms with Crippen LogP contribution in [0.5, 0.6) is 5.75 Å². The monoisotopic (exact) mass is 741 g/mol. The Kier molecular flexibility index (Phi) is 13.3. The fourth-order valence-corrected chi connectivity index (χ4v) is 7.35. The molecular weight excluding hydrogens is 690 g/mol. The first-order chi connectivity index (χ1) is 24.9. The average molecular weight is 742 g/mol. The summed E-state index contributed by atoms with van der Waals surface area (Å²) in [6, 6.07) is 13.3. The largest absolute Gasteiger partial charge is 0.490 e. The number of ether oxygens (including phenoxy) is 1. The van der Waals surface area contributed by atoms with Crippen LogP contribution in [0, 0.1) is 6.92 Å². The number of aryl methyl sites for hydroxylation is 1. The molecule has 8 N–H and O–H groups in total. The molecule has 0 unspecified atom stereocenters. The Balaban J connectivity index is 1.15. The van der Waals surface area contributed by atoms with E-state index in [4.69, 9.17) is 9.84 Å². The van der Waals surface area contributed by atoms with E-state index in [1.807, 2.05) is 43.5 Å². The molecule has 5 rings (SSSR count). The molecule has 0 spiro atoms. The van der Waals surface area contributed by atoms with Gasteiger partial charge >= 0.3 is 6.03 Å². The van der Waals surface area contributed by atoms with E-state index in [-0.39, 0.29) is 29.6 Å². The molecule has 15 heteroatoms. The number of hydrogen-bond donors (Lipinski definition) is 8. The minimum Gasteiger partial charge on any atom is -0.490 e. The predicted octanol–water partition coefficient (Wildman–Crippen LogP) is 1.51. The van der Waals surface area contributed by atoms with Crippen LogP contribution in [0.15, 0.2) is 65.8 Å². The van der Waals surface area contributed by atoms with Crippen molar-refractivity contribution < 1.29 is 43.5 Å². The number of pyridine rings is 1. The van der Waals surface area contributed by atoms with E-state index in [1.165, 1.54) is 11.4 Å². The van der Waals surface area contributed by atoms with Gasteiger partial charge in [-0.15, -0.1) is 0 Å². The van der Waals surface area contributed by atoms with Crippen molar-refractivity contribution in [1.29, 1.82) is 0 Å². The lowest BCUT2D eigenvalue weighted by atomic mass is 9.94. The van der Waals surface area contributed by atoms with Crippen LogP contribution in [0.25, 0.3) is 11.1 Å². The Morgan fingerprint density at radius 3 is 2.46 bits per heavy atom. The number of carbonyl (C=O) groups excluding carboxylic acids is 1. The van der Waals surface area contributed by atoms with Gasteiger partial charge in [0.25, 0.3) is 0 Å². The zero-order valence-corrected chi connectivity index (χ0v) is 30.4. The SMILES string of the molecule is Cc1ccc(S(=O)(=O)N(C)CCCCNC(=O)N[C@@H](CO)[C@@H](O)[C@H](O)[C@H](O)CO)cc1CNC1(c2cnccc2-c2ccccc2OC2CC2)CC1. The number of aliphatic hydroxyl groups excluding tert-OH is 5. The summed E-state index contributed by atoms with van der Waals surface area (Å²) in [5.41, 5.74) is 4.76. The molecule has 0 bridgehead atoms. The number of unbranched alkanes of at least 4 members (excludes halogenated alkanes) is 1. The maximum Gasteiger partial charge on any atom is 0.315 e. The molecule has 14 nitrogen and oxygen atoms in total. The van der Waals surface area contributed by atoms with Gasteiger partial charge in [0.1, 0.15) is 24.1 Å². The summed E-state index contributed by atoms with van der Waals surface area (Å²) in [6.45, 7) is 1.28. The number of amides is 2. The summed E-state index contributed by atoms with van der Waals surface area (Å²) < 4.78 is 34.7. The molecule has 2 aliphatic rings. The van der Waals surface area contributed by atoms with Gasteiger partial charge in [0.15, 0.2) is 0 Å². The quantitative estimate of drug-likeness (QED) is 0.0778. The van der Waals surface area contributed by atoms with E-state index < -0.39 is 53.6 Å². The highest BCUT2D eigenvalue weighted by molar-refractivity contribution is 7.89. The molecule has 52 heavy (non-hydrogen) atoms. The zero-order chi connectivity index (χ0) is 37.5. The first-order valence-corrected chi connectivity index (χ1v) is 19.2. The number of urea groups is 1.